The summed E-state index contributed by atoms with van der Waals surface area (Å²) in [6.07, 6.45) is 0.243. The van der Waals surface area contributed by atoms with E-state index in [1.807, 2.05) is 12.1 Å². The summed E-state index contributed by atoms with van der Waals surface area (Å²) in [7, 11) is 0. The number of benzene rings is 1. The van der Waals surface area contributed by atoms with Crippen LogP contribution in [-0.4, -0.2) is 25.7 Å². The highest BCUT2D eigenvalue weighted by molar-refractivity contribution is 6.29. The fourth-order valence-corrected chi connectivity index (χ4v) is 2.17. The average molecular weight is 274 g/mol. The van der Waals surface area contributed by atoms with Gasteiger partial charge in [0.05, 0.1) is 16.9 Å². The summed E-state index contributed by atoms with van der Waals surface area (Å²) in [5.41, 5.74) is 1.55. The summed E-state index contributed by atoms with van der Waals surface area (Å²) in [5, 5.41) is 10.5. The van der Waals surface area contributed by atoms with Gasteiger partial charge in [0.1, 0.15) is 11.5 Å². The van der Waals surface area contributed by atoms with Gasteiger partial charge in [0.15, 0.2) is 0 Å². The Hall–Kier alpha value is -2.40. The maximum atomic E-state index is 11.4. The van der Waals surface area contributed by atoms with Gasteiger partial charge in [0.25, 0.3) is 0 Å². The summed E-state index contributed by atoms with van der Waals surface area (Å²) >= 11 is 5.82. The molecular weight excluding hydrogens is 266 g/mol. The molecule has 3 aromatic rings. The van der Waals surface area contributed by atoms with Crippen LogP contribution in [0, 0.1) is 0 Å². The number of carbonyl (C=O) groups is 1. The second-order valence-electron chi connectivity index (χ2n) is 3.93. The van der Waals surface area contributed by atoms with E-state index in [9.17, 15) is 9.90 Å². The molecule has 1 N–H and O–H groups in total. The normalized spacial score (nSPS) is 10.8. The SMILES string of the molecule is O=C(O)n1c(-c2cc(Cl)ncn2)cc2ccccc21. The highest BCUT2D eigenvalue weighted by Crippen LogP contribution is 2.27. The van der Waals surface area contributed by atoms with Crippen LogP contribution in [-0.2, 0) is 0 Å². The minimum Gasteiger partial charge on any atom is -0.464 e. The molecule has 1 aromatic carbocycles. The zero-order valence-electron chi connectivity index (χ0n) is 9.62. The molecule has 0 aliphatic carbocycles. The Kier molecular flexibility index (Phi) is 2.68. The number of aromatic nitrogens is 3. The minimum absolute atomic E-state index is 0.271. The zero-order chi connectivity index (χ0) is 13.4. The lowest BCUT2D eigenvalue weighted by molar-refractivity contribution is 0.198. The first kappa shape index (κ1) is 11.7. The summed E-state index contributed by atoms with van der Waals surface area (Å²) < 4.78 is 1.19. The van der Waals surface area contributed by atoms with Crippen molar-refractivity contribution in [1.82, 2.24) is 14.5 Å². The average Bonchev–Trinajstić information content (AvgIpc) is 2.78. The van der Waals surface area contributed by atoms with Crippen LogP contribution in [0.1, 0.15) is 0 Å². The molecule has 0 spiro atoms. The molecule has 94 valence electrons. The van der Waals surface area contributed by atoms with Gasteiger partial charge in [-0.1, -0.05) is 29.8 Å². The highest BCUT2D eigenvalue weighted by atomic mass is 35.5. The van der Waals surface area contributed by atoms with Crippen molar-refractivity contribution in [3.05, 3.63) is 47.9 Å². The van der Waals surface area contributed by atoms with Gasteiger partial charge in [-0.25, -0.2) is 19.3 Å². The lowest BCUT2D eigenvalue weighted by atomic mass is 10.2. The van der Waals surface area contributed by atoms with E-state index < -0.39 is 6.09 Å². The van der Waals surface area contributed by atoms with E-state index in [0.717, 1.165) is 5.39 Å². The summed E-state index contributed by atoms with van der Waals surface area (Å²) in [6.45, 7) is 0. The van der Waals surface area contributed by atoms with Crippen molar-refractivity contribution < 1.29 is 9.90 Å². The molecule has 0 saturated carbocycles. The van der Waals surface area contributed by atoms with Crippen LogP contribution in [0.5, 0.6) is 0 Å². The molecule has 5 nitrogen and oxygen atoms in total. The van der Waals surface area contributed by atoms with E-state index in [1.54, 1.807) is 18.2 Å². The number of rotatable bonds is 1. The van der Waals surface area contributed by atoms with E-state index in [2.05, 4.69) is 9.97 Å². The van der Waals surface area contributed by atoms with E-state index in [-0.39, 0.29) is 5.15 Å². The van der Waals surface area contributed by atoms with Gasteiger partial charge < -0.3 is 5.11 Å². The Balaban J connectivity index is 2.34. The van der Waals surface area contributed by atoms with Crippen molar-refractivity contribution in [2.24, 2.45) is 0 Å². The molecule has 2 heterocycles. The standard InChI is InChI=1S/C13H8ClN3O2/c14-12-6-9(15-7-16-12)11-5-8-3-1-2-4-10(8)17(11)13(18)19/h1-7H,(H,18,19). The van der Waals surface area contributed by atoms with Crippen LogP contribution < -0.4 is 0 Å². The maximum absolute atomic E-state index is 11.4. The van der Waals surface area contributed by atoms with Crippen LogP contribution in [0.15, 0.2) is 42.7 Å². The Morgan fingerprint density at radius 3 is 2.74 bits per heavy atom. The van der Waals surface area contributed by atoms with Crippen molar-refractivity contribution in [3.8, 4) is 11.4 Å². The molecule has 0 unspecified atom stereocenters. The Morgan fingerprint density at radius 2 is 2.00 bits per heavy atom. The molecule has 0 aliphatic rings. The van der Waals surface area contributed by atoms with Gasteiger partial charge in [-0.3, -0.25) is 0 Å². The molecule has 3 rings (SSSR count). The second kappa shape index (κ2) is 4.37. The molecule has 0 amide bonds. The van der Waals surface area contributed by atoms with Crippen molar-refractivity contribution in [2.75, 3.05) is 0 Å². The van der Waals surface area contributed by atoms with E-state index in [1.165, 1.54) is 17.0 Å². The monoisotopic (exact) mass is 273 g/mol. The third-order valence-electron chi connectivity index (χ3n) is 2.80. The summed E-state index contributed by atoms with van der Waals surface area (Å²) in [4.78, 5) is 19.3. The Bertz CT molecular complexity index is 782. The number of fused-ring (bicyclic) bond motifs is 1. The molecule has 0 radical (unpaired) electrons. The highest BCUT2D eigenvalue weighted by Gasteiger charge is 2.16. The molecule has 0 bridgehead atoms. The van der Waals surface area contributed by atoms with Gasteiger partial charge in [-0.05, 0) is 12.1 Å². The molecule has 0 atom stereocenters. The second-order valence-corrected chi connectivity index (χ2v) is 4.32. The van der Waals surface area contributed by atoms with Crippen molar-refractivity contribution in [1.29, 1.82) is 0 Å². The van der Waals surface area contributed by atoms with Crippen LogP contribution in [0.2, 0.25) is 5.15 Å². The number of nitrogens with zero attached hydrogens (tertiary/aromatic N) is 3. The van der Waals surface area contributed by atoms with Crippen LogP contribution in [0.25, 0.3) is 22.3 Å². The first-order valence-corrected chi connectivity index (χ1v) is 5.86. The van der Waals surface area contributed by atoms with Crippen LogP contribution in [0.4, 0.5) is 4.79 Å². The van der Waals surface area contributed by atoms with Crippen LogP contribution in [0.3, 0.4) is 0 Å². The quantitative estimate of drug-likeness (QED) is 0.691. The third kappa shape index (κ3) is 1.94. The predicted molar refractivity (Wildman–Crippen MR) is 71.4 cm³/mol. The number of carboxylic acid groups (broad SMARTS) is 1. The van der Waals surface area contributed by atoms with Crippen molar-refractivity contribution in [2.45, 2.75) is 0 Å². The Morgan fingerprint density at radius 1 is 1.21 bits per heavy atom. The Labute approximate surface area is 113 Å². The molecule has 19 heavy (non-hydrogen) atoms. The summed E-state index contributed by atoms with van der Waals surface area (Å²) in [6, 6.07) is 10.5. The van der Waals surface area contributed by atoms with E-state index in [0.29, 0.717) is 16.9 Å². The third-order valence-corrected chi connectivity index (χ3v) is 3.00. The van der Waals surface area contributed by atoms with Crippen LogP contribution >= 0.6 is 11.6 Å². The smallest absolute Gasteiger partial charge is 0.416 e. The van der Waals surface area contributed by atoms with Gasteiger partial charge >= 0.3 is 6.09 Å². The fraction of sp³-hybridized carbons (Fsp3) is 0. The van der Waals surface area contributed by atoms with Gasteiger partial charge in [-0.2, -0.15) is 0 Å². The molecule has 0 aliphatic heterocycles. The molecule has 6 heteroatoms. The molecule has 0 saturated heterocycles. The number of halogens is 1. The largest absolute Gasteiger partial charge is 0.464 e. The minimum atomic E-state index is -1.06. The van der Waals surface area contributed by atoms with Crippen molar-refractivity contribution >= 4 is 28.6 Å². The number of para-hydroxylation sites is 1. The molecular formula is C13H8ClN3O2. The topological polar surface area (TPSA) is 68.0 Å². The molecule has 0 fully saturated rings. The molecule has 2 aromatic heterocycles. The maximum Gasteiger partial charge on any atom is 0.416 e. The lowest BCUT2D eigenvalue weighted by Gasteiger charge is -2.04. The first-order chi connectivity index (χ1) is 9.16. The number of hydrogen-bond acceptors (Lipinski definition) is 3. The van der Waals surface area contributed by atoms with Gasteiger partial charge in [-0.15, -0.1) is 0 Å². The van der Waals surface area contributed by atoms with Gasteiger partial charge in [0.2, 0.25) is 0 Å². The van der Waals surface area contributed by atoms with Crippen molar-refractivity contribution in [3.63, 3.8) is 0 Å². The number of hydrogen-bond donors (Lipinski definition) is 1. The lowest BCUT2D eigenvalue weighted by Crippen LogP contribution is -2.09. The van der Waals surface area contributed by atoms with E-state index in [4.69, 9.17) is 11.6 Å². The van der Waals surface area contributed by atoms with E-state index >= 15 is 0 Å². The first-order valence-electron chi connectivity index (χ1n) is 5.48. The zero-order valence-corrected chi connectivity index (χ0v) is 10.4. The fourth-order valence-electron chi connectivity index (χ4n) is 2.02. The summed E-state index contributed by atoms with van der Waals surface area (Å²) in [5.74, 6) is 0. The van der Waals surface area contributed by atoms with Gasteiger partial charge in [0, 0.05) is 11.5 Å². The predicted octanol–water partition coefficient (Wildman–Crippen LogP) is 3.28.